The molecule has 0 spiro atoms. The van der Waals surface area contributed by atoms with Crippen molar-refractivity contribution in [3.63, 3.8) is 0 Å². The summed E-state index contributed by atoms with van der Waals surface area (Å²) in [5, 5.41) is 13.8. The standard InChI is InChI=1S/C28H30N2O3S/c1-19-15-20(2)24(21(3)16-19)18-33-13-14-34(4)26-25(31)23-11-8-12-29-27(23)30(28(26)32)17-22-9-6-5-7-10-22/h5-12,15-16H,13-14,17-18H2,1-4H3. The number of aryl methyl sites for hydroxylation is 3. The molecule has 0 aliphatic heterocycles. The van der Waals surface area contributed by atoms with Crippen LogP contribution in [0, 0.1) is 20.8 Å². The minimum absolute atomic E-state index is 0.214. The summed E-state index contributed by atoms with van der Waals surface area (Å²) in [4.78, 5) is 18.2. The van der Waals surface area contributed by atoms with E-state index in [1.54, 1.807) is 22.9 Å². The van der Waals surface area contributed by atoms with Crippen LogP contribution in [-0.4, -0.2) is 28.2 Å². The van der Waals surface area contributed by atoms with Crippen LogP contribution in [0.1, 0.15) is 27.8 Å². The van der Waals surface area contributed by atoms with E-state index >= 15 is 0 Å². The Morgan fingerprint density at radius 3 is 2.44 bits per heavy atom. The molecule has 0 amide bonds. The van der Waals surface area contributed by atoms with Crippen LogP contribution in [0.4, 0.5) is 0 Å². The van der Waals surface area contributed by atoms with Gasteiger partial charge in [0.2, 0.25) is 4.90 Å². The predicted molar refractivity (Wildman–Crippen MR) is 138 cm³/mol. The number of rotatable bonds is 8. The van der Waals surface area contributed by atoms with Gasteiger partial charge < -0.3 is 9.84 Å². The van der Waals surface area contributed by atoms with Crippen LogP contribution in [0.2, 0.25) is 0 Å². The van der Waals surface area contributed by atoms with Gasteiger partial charge in [-0.05, 0) is 54.8 Å². The second-order valence-corrected chi connectivity index (χ2v) is 10.8. The lowest BCUT2D eigenvalue weighted by Crippen LogP contribution is -2.30. The lowest BCUT2D eigenvalue weighted by atomic mass is 10.0. The van der Waals surface area contributed by atoms with E-state index in [1.807, 2.05) is 36.6 Å². The number of benzene rings is 2. The molecule has 0 N–H and O–H groups in total. The summed E-state index contributed by atoms with van der Waals surface area (Å²) >= 11 is 0. The SMILES string of the molecule is Cc1cc(C)c(COCC[S+](C)c2c([O-])c3cccnc3n(Cc3ccccc3)c2=O)c(C)c1. The molecular formula is C28H30N2O3S. The Morgan fingerprint density at radius 2 is 1.74 bits per heavy atom. The minimum atomic E-state index is -0.552. The highest BCUT2D eigenvalue weighted by Gasteiger charge is 2.25. The third-order valence-corrected chi connectivity index (χ3v) is 7.92. The number of nitrogens with zero attached hydrogens (tertiary/aromatic N) is 2. The summed E-state index contributed by atoms with van der Waals surface area (Å²) in [7, 11) is -0.552. The second kappa shape index (κ2) is 10.5. The van der Waals surface area contributed by atoms with Crippen LogP contribution in [0.3, 0.4) is 0 Å². The molecular weight excluding hydrogens is 444 g/mol. The van der Waals surface area contributed by atoms with Crippen LogP contribution < -0.4 is 10.7 Å². The van der Waals surface area contributed by atoms with E-state index in [0.29, 0.717) is 41.4 Å². The lowest BCUT2D eigenvalue weighted by molar-refractivity contribution is -0.270. The Hall–Kier alpha value is -3.09. The van der Waals surface area contributed by atoms with Crippen molar-refractivity contribution in [1.82, 2.24) is 9.55 Å². The van der Waals surface area contributed by atoms with E-state index < -0.39 is 10.9 Å². The molecule has 4 aromatic rings. The highest BCUT2D eigenvalue weighted by atomic mass is 32.2. The zero-order chi connectivity index (χ0) is 24.2. The van der Waals surface area contributed by atoms with Crippen molar-refractivity contribution in [3.05, 3.63) is 99.0 Å². The molecule has 34 heavy (non-hydrogen) atoms. The van der Waals surface area contributed by atoms with Crippen LogP contribution in [0.5, 0.6) is 5.75 Å². The average Bonchev–Trinajstić information content (AvgIpc) is 2.81. The Kier molecular flexibility index (Phi) is 7.39. The first-order valence-electron chi connectivity index (χ1n) is 11.4. The fourth-order valence-electron chi connectivity index (χ4n) is 4.35. The van der Waals surface area contributed by atoms with Crippen molar-refractivity contribution in [1.29, 1.82) is 0 Å². The summed E-state index contributed by atoms with van der Waals surface area (Å²) in [6.45, 7) is 7.68. The Morgan fingerprint density at radius 1 is 1.03 bits per heavy atom. The summed E-state index contributed by atoms with van der Waals surface area (Å²) < 4.78 is 7.62. The fraction of sp³-hybridized carbons (Fsp3) is 0.286. The highest BCUT2D eigenvalue weighted by molar-refractivity contribution is 7.96. The highest BCUT2D eigenvalue weighted by Crippen LogP contribution is 2.27. The number of fused-ring (bicyclic) bond motifs is 1. The van der Waals surface area contributed by atoms with Crippen LogP contribution in [0.15, 0.2) is 70.5 Å². The maximum atomic E-state index is 13.5. The van der Waals surface area contributed by atoms with Gasteiger partial charge >= 0.3 is 5.56 Å². The summed E-state index contributed by atoms with van der Waals surface area (Å²) in [6.07, 6.45) is 3.58. The number of pyridine rings is 2. The molecule has 2 heterocycles. The van der Waals surface area contributed by atoms with Gasteiger partial charge in [0.1, 0.15) is 17.7 Å². The van der Waals surface area contributed by atoms with Gasteiger partial charge in [-0.25, -0.2) is 4.98 Å². The number of hydrogen-bond acceptors (Lipinski definition) is 4. The second-order valence-electron chi connectivity index (χ2n) is 8.68. The molecule has 0 radical (unpaired) electrons. The molecule has 2 aromatic carbocycles. The molecule has 4 rings (SSSR count). The topological polar surface area (TPSA) is 67.2 Å². The molecule has 6 heteroatoms. The number of hydrogen-bond donors (Lipinski definition) is 0. The van der Waals surface area contributed by atoms with Gasteiger partial charge in [-0.1, -0.05) is 54.1 Å². The smallest absolute Gasteiger partial charge is 0.307 e. The van der Waals surface area contributed by atoms with Crippen molar-refractivity contribution >= 4 is 21.9 Å². The molecule has 0 saturated heterocycles. The Bertz CT molecular complexity index is 1340. The lowest BCUT2D eigenvalue weighted by Gasteiger charge is -2.18. The molecule has 5 nitrogen and oxygen atoms in total. The molecule has 2 aromatic heterocycles. The van der Waals surface area contributed by atoms with Gasteiger partial charge in [-0.15, -0.1) is 0 Å². The van der Waals surface area contributed by atoms with Gasteiger partial charge in [-0.3, -0.25) is 9.36 Å². The molecule has 0 bridgehead atoms. The third-order valence-electron chi connectivity index (χ3n) is 6.09. The van der Waals surface area contributed by atoms with Gasteiger partial charge in [0.05, 0.1) is 19.8 Å². The van der Waals surface area contributed by atoms with Crippen molar-refractivity contribution in [2.75, 3.05) is 18.6 Å². The van der Waals surface area contributed by atoms with Crippen molar-refractivity contribution in [2.45, 2.75) is 38.8 Å². The largest absolute Gasteiger partial charge is 0.868 e. The van der Waals surface area contributed by atoms with Gasteiger partial charge in [0, 0.05) is 22.5 Å². The summed E-state index contributed by atoms with van der Waals surface area (Å²) in [5.74, 6) is 0.402. The predicted octanol–water partition coefficient (Wildman–Crippen LogP) is 4.27. The number of ether oxygens (including phenoxy) is 1. The molecule has 0 fully saturated rings. The van der Waals surface area contributed by atoms with E-state index in [2.05, 4.69) is 37.9 Å². The molecule has 1 unspecified atom stereocenters. The van der Waals surface area contributed by atoms with E-state index in [4.69, 9.17) is 4.74 Å². The van der Waals surface area contributed by atoms with Gasteiger partial charge in [-0.2, -0.15) is 0 Å². The van der Waals surface area contributed by atoms with E-state index in [0.717, 1.165) is 5.56 Å². The first-order chi connectivity index (χ1) is 16.4. The van der Waals surface area contributed by atoms with Crippen LogP contribution in [-0.2, 0) is 28.8 Å². The molecule has 176 valence electrons. The van der Waals surface area contributed by atoms with Crippen molar-refractivity contribution in [3.8, 4) is 5.75 Å². The normalized spacial score (nSPS) is 12.2. The maximum Gasteiger partial charge on any atom is 0.307 e. The monoisotopic (exact) mass is 474 g/mol. The summed E-state index contributed by atoms with van der Waals surface area (Å²) in [6, 6.07) is 17.6. The average molecular weight is 475 g/mol. The van der Waals surface area contributed by atoms with Crippen molar-refractivity contribution < 1.29 is 9.84 Å². The van der Waals surface area contributed by atoms with Gasteiger partial charge in [0.15, 0.2) is 0 Å². The van der Waals surface area contributed by atoms with E-state index in [9.17, 15) is 9.90 Å². The zero-order valence-corrected chi connectivity index (χ0v) is 20.9. The van der Waals surface area contributed by atoms with E-state index in [1.165, 1.54) is 22.3 Å². The Balaban J connectivity index is 1.57. The van der Waals surface area contributed by atoms with E-state index in [-0.39, 0.29) is 11.3 Å². The molecule has 0 aliphatic carbocycles. The quantitative estimate of drug-likeness (QED) is 0.283. The van der Waals surface area contributed by atoms with Gasteiger partial charge in [0.25, 0.3) is 0 Å². The zero-order valence-electron chi connectivity index (χ0n) is 20.1. The fourth-order valence-corrected chi connectivity index (χ4v) is 5.75. The van der Waals surface area contributed by atoms with Crippen LogP contribution in [0.25, 0.3) is 11.0 Å². The Labute approximate surface area is 203 Å². The summed E-state index contributed by atoms with van der Waals surface area (Å²) in [5.41, 5.74) is 6.06. The van der Waals surface area contributed by atoms with Crippen LogP contribution >= 0.6 is 0 Å². The molecule has 0 aliphatic rings. The maximum absolute atomic E-state index is 13.5. The molecule has 0 saturated carbocycles. The minimum Gasteiger partial charge on any atom is -0.868 e. The van der Waals surface area contributed by atoms with Crippen molar-refractivity contribution in [2.24, 2.45) is 0 Å². The first kappa shape index (κ1) is 24.0. The third kappa shape index (κ3) is 5.03. The molecule has 1 atom stereocenters. The number of aromatic nitrogens is 2. The first-order valence-corrected chi connectivity index (χ1v) is 13.2.